The van der Waals surface area contributed by atoms with Gasteiger partial charge in [-0.25, -0.2) is 4.79 Å². The second kappa shape index (κ2) is 10.1. The summed E-state index contributed by atoms with van der Waals surface area (Å²) in [4.78, 5) is 23.2. The van der Waals surface area contributed by atoms with Crippen LogP contribution in [0.1, 0.15) is 34.1 Å². The predicted molar refractivity (Wildman–Crippen MR) is 107 cm³/mol. The number of amides is 1. The van der Waals surface area contributed by atoms with Crippen LogP contribution in [-0.2, 0) is 9.47 Å². The monoisotopic (exact) mass is 383 g/mol. The molecule has 1 N–H and O–H groups in total. The molecular formula is C19H37N5O3. The summed E-state index contributed by atoms with van der Waals surface area (Å²) in [5.41, 5.74) is -0.474. The zero-order chi connectivity index (χ0) is 19.9. The molecule has 0 aromatic rings. The number of hydrogen-bond acceptors (Lipinski definition) is 5. The SMILES string of the molecule is CCN(CCNC(=NC)N1CCC(N2CCOCC2)C1)C(=O)OC(C)(C)C. The van der Waals surface area contributed by atoms with Crippen molar-refractivity contribution in [2.75, 3.05) is 66.1 Å². The second-order valence-corrected chi connectivity index (χ2v) is 8.07. The van der Waals surface area contributed by atoms with Crippen LogP contribution in [0, 0.1) is 0 Å². The van der Waals surface area contributed by atoms with Crippen molar-refractivity contribution in [3.63, 3.8) is 0 Å². The number of aliphatic imine (C=N–C) groups is 1. The minimum absolute atomic E-state index is 0.268. The highest BCUT2D eigenvalue weighted by Crippen LogP contribution is 2.17. The molecule has 0 aromatic heterocycles. The summed E-state index contributed by atoms with van der Waals surface area (Å²) in [6.45, 7) is 15.2. The highest BCUT2D eigenvalue weighted by atomic mass is 16.6. The van der Waals surface area contributed by atoms with Crippen LogP contribution in [-0.4, -0.2) is 104 Å². The van der Waals surface area contributed by atoms with Crippen molar-refractivity contribution in [3.8, 4) is 0 Å². The summed E-state index contributed by atoms with van der Waals surface area (Å²) in [6, 6.07) is 0.571. The minimum Gasteiger partial charge on any atom is -0.444 e. The van der Waals surface area contributed by atoms with Crippen molar-refractivity contribution >= 4 is 12.1 Å². The number of guanidine groups is 1. The van der Waals surface area contributed by atoms with Gasteiger partial charge in [0.1, 0.15) is 5.60 Å². The van der Waals surface area contributed by atoms with Gasteiger partial charge >= 0.3 is 6.09 Å². The maximum Gasteiger partial charge on any atom is 0.410 e. The standard InChI is InChI=1S/C19H37N5O3/c1-6-22(18(25)27-19(2,3)4)10-8-21-17(20-5)24-9-7-16(15-24)23-11-13-26-14-12-23/h16H,6-15H2,1-5H3,(H,20,21). The molecule has 2 fully saturated rings. The number of likely N-dealkylation sites (N-methyl/N-ethyl adjacent to an activating group) is 1. The first-order chi connectivity index (χ1) is 12.8. The quantitative estimate of drug-likeness (QED) is 0.569. The van der Waals surface area contributed by atoms with Crippen molar-refractivity contribution in [2.45, 2.75) is 45.8 Å². The predicted octanol–water partition coefficient (Wildman–Crippen LogP) is 1.23. The van der Waals surface area contributed by atoms with E-state index in [2.05, 4.69) is 20.1 Å². The molecule has 0 bridgehead atoms. The lowest BCUT2D eigenvalue weighted by molar-refractivity contribution is 0.0194. The molecule has 1 atom stereocenters. The lowest BCUT2D eigenvalue weighted by Crippen LogP contribution is -2.48. The van der Waals surface area contributed by atoms with Gasteiger partial charge < -0.3 is 24.6 Å². The van der Waals surface area contributed by atoms with Crippen LogP contribution in [0.25, 0.3) is 0 Å². The Morgan fingerprint density at radius 3 is 2.59 bits per heavy atom. The Labute approximate surface area is 163 Å². The van der Waals surface area contributed by atoms with Crippen LogP contribution in [0.15, 0.2) is 4.99 Å². The minimum atomic E-state index is -0.474. The Morgan fingerprint density at radius 1 is 1.30 bits per heavy atom. The van der Waals surface area contributed by atoms with Crippen LogP contribution < -0.4 is 5.32 Å². The highest BCUT2D eigenvalue weighted by molar-refractivity contribution is 5.80. The van der Waals surface area contributed by atoms with E-state index in [0.717, 1.165) is 51.8 Å². The molecule has 2 saturated heterocycles. The summed E-state index contributed by atoms with van der Waals surface area (Å²) >= 11 is 0. The number of carbonyl (C=O) groups is 1. The van der Waals surface area contributed by atoms with E-state index >= 15 is 0 Å². The average Bonchev–Trinajstić information content (AvgIpc) is 3.11. The first-order valence-corrected chi connectivity index (χ1v) is 10.1. The van der Waals surface area contributed by atoms with Gasteiger partial charge in [0.25, 0.3) is 0 Å². The van der Waals surface area contributed by atoms with Gasteiger partial charge in [-0.3, -0.25) is 9.89 Å². The molecule has 1 amide bonds. The second-order valence-electron chi connectivity index (χ2n) is 8.07. The zero-order valence-corrected chi connectivity index (χ0v) is 17.7. The summed E-state index contributed by atoms with van der Waals surface area (Å²) < 4.78 is 10.9. The van der Waals surface area contributed by atoms with E-state index in [-0.39, 0.29) is 6.09 Å². The fourth-order valence-electron chi connectivity index (χ4n) is 3.51. The van der Waals surface area contributed by atoms with Gasteiger partial charge in [0.15, 0.2) is 5.96 Å². The molecule has 2 heterocycles. The van der Waals surface area contributed by atoms with Gasteiger partial charge in [0, 0.05) is 58.9 Å². The molecule has 27 heavy (non-hydrogen) atoms. The third-order valence-electron chi connectivity index (χ3n) is 4.94. The van der Waals surface area contributed by atoms with Crippen LogP contribution >= 0.6 is 0 Å². The number of carbonyl (C=O) groups excluding carboxylic acids is 1. The van der Waals surface area contributed by atoms with E-state index < -0.39 is 5.60 Å². The Morgan fingerprint density at radius 2 is 2.00 bits per heavy atom. The van der Waals surface area contributed by atoms with E-state index in [1.807, 2.05) is 34.7 Å². The summed E-state index contributed by atoms with van der Waals surface area (Å²) in [5, 5.41) is 3.40. The van der Waals surface area contributed by atoms with E-state index in [1.54, 1.807) is 4.90 Å². The van der Waals surface area contributed by atoms with E-state index in [9.17, 15) is 4.79 Å². The van der Waals surface area contributed by atoms with Crippen LogP contribution in [0.5, 0.6) is 0 Å². The fraction of sp³-hybridized carbons (Fsp3) is 0.895. The first kappa shape index (κ1) is 21.8. The van der Waals surface area contributed by atoms with Crippen molar-refractivity contribution < 1.29 is 14.3 Å². The molecule has 1 unspecified atom stereocenters. The lowest BCUT2D eigenvalue weighted by atomic mass is 10.2. The molecule has 8 heteroatoms. The number of rotatable bonds is 5. The van der Waals surface area contributed by atoms with Crippen molar-refractivity contribution in [1.29, 1.82) is 0 Å². The van der Waals surface area contributed by atoms with Gasteiger partial charge in [0.2, 0.25) is 0 Å². The Balaban J connectivity index is 1.77. The normalized spacial score (nSPS) is 22.0. The molecule has 0 aliphatic carbocycles. The van der Waals surface area contributed by atoms with Crippen LogP contribution in [0.4, 0.5) is 4.79 Å². The molecule has 156 valence electrons. The maximum absolute atomic E-state index is 12.2. The van der Waals surface area contributed by atoms with E-state index in [1.165, 1.54) is 0 Å². The first-order valence-electron chi connectivity index (χ1n) is 10.1. The molecule has 0 spiro atoms. The lowest BCUT2D eigenvalue weighted by Gasteiger charge is -2.32. The Hall–Kier alpha value is -1.54. The topological polar surface area (TPSA) is 69.6 Å². The molecule has 2 aliphatic rings. The van der Waals surface area contributed by atoms with Gasteiger partial charge in [-0.05, 0) is 34.1 Å². The molecular weight excluding hydrogens is 346 g/mol. The summed E-state index contributed by atoms with van der Waals surface area (Å²) in [7, 11) is 1.82. The molecule has 0 aromatic carbocycles. The number of morpholine rings is 1. The smallest absolute Gasteiger partial charge is 0.410 e. The molecule has 0 saturated carbocycles. The Bertz CT molecular complexity index is 500. The molecule has 0 radical (unpaired) electrons. The third kappa shape index (κ3) is 6.84. The summed E-state index contributed by atoms with van der Waals surface area (Å²) in [5.74, 6) is 0.908. The average molecular weight is 384 g/mol. The van der Waals surface area contributed by atoms with E-state index in [4.69, 9.17) is 9.47 Å². The Kier molecular flexibility index (Phi) is 8.16. The van der Waals surface area contributed by atoms with Gasteiger partial charge in [-0.15, -0.1) is 0 Å². The molecule has 2 rings (SSSR count). The van der Waals surface area contributed by atoms with E-state index in [0.29, 0.717) is 25.7 Å². The van der Waals surface area contributed by atoms with Gasteiger partial charge in [-0.1, -0.05) is 0 Å². The van der Waals surface area contributed by atoms with Crippen LogP contribution in [0.3, 0.4) is 0 Å². The maximum atomic E-state index is 12.2. The fourth-order valence-corrected chi connectivity index (χ4v) is 3.51. The van der Waals surface area contributed by atoms with Crippen molar-refractivity contribution in [3.05, 3.63) is 0 Å². The molecule has 2 aliphatic heterocycles. The molecule has 8 nitrogen and oxygen atoms in total. The number of nitrogens with one attached hydrogen (secondary N) is 1. The van der Waals surface area contributed by atoms with Gasteiger partial charge in [0.05, 0.1) is 13.2 Å². The number of nitrogens with zero attached hydrogens (tertiary/aromatic N) is 4. The van der Waals surface area contributed by atoms with Crippen molar-refractivity contribution in [1.82, 2.24) is 20.0 Å². The van der Waals surface area contributed by atoms with Gasteiger partial charge in [-0.2, -0.15) is 0 Å². The third-order valence-corrected chi connectivity index (χ3v) is 4.94. The number of hydrogen-bond donors (Lipinski definition) is 1. The van der Waals surface area contributed by atoms with Crippen LogP contribution in [0.2, 0.25) is 0 Å². The summed E-state index contributed by atoms with van der Waals surface area (Å²) in [6.07, 6.45) is 0.884. The number of likely N-dealkylation sites (tertiary alicyclic amines) is 1. The zero-order valence-electron chi connectivity index (χ0n) is 17.7. The largest absolute Gasteiger partial charge is 0.444 e. The highest BCUT2D eigenvalue weighted by Gasteiger charge is 2.30. The van der Waals surface area contributed by atoms with Crippen molar-refractivity contribution in [2.24, 2.45) is 4.99 Å². The number of ether oxygens (including phenoxy) is 2.